The molecule has 7 heteroatoms. The van der Waals surface area contributed by atoms with E-state index < -0.39 is 0 Å². The van der Waals surface area contributed by atoms with E-state index >= 15 is 0 Å². The first-order valence-electron chi connectivity index (χ1n) is 8.39. The predicted molar refractivity (Wildman–Crippen MR) is 90.0 cm³/mol. The van der Waals surface area contributed by atoms with Gasteiger partial charge in [0.05, 0.1) is 36.1 Å². The van der Waals surface area contributed by atoms with Crippen molar-refractivity contribution in [2.75, 3.05) is 11.9 Å². The second kappa shape index (κ2) is 5.24. The van der Waals surface area contributed by atoms with Crippen LogP contribution in [0.2, 0.25) is 0 Å². The fourth-order valence-corrected chi connectivity index (χ4v) is 3.42. The second-order valence-corrected chi connectivity index (χ2v) is 6.49. The second-order valence-electron chi connectivity index (χ2n) is 6.49. The van der Waals surface area contributed by atoms with Gasteiger partial charge in [0, 0.05) is 18.3 Å². The standard InChI is InChI=1S/C17H19N5O2/c23-17-20-14-4-1-11(7-15(14)22(17)12-2-3-12)18-8-13-9-19-16-10-24-6-5-21(13)16/h1,4,7,9,12,18H,2-3,5-6,8,10H2,(H,20,23). The molecule has 0 unspecified atom stereocenters. The van der Waals surface area contributed by atoms with Gasteiger partial charge in [0.15, 0.2) is 0 Å². The van der Waals surface area contributed by atoms with E-state index in [1.807, 2.05) is 22.9 Å². The lowest BCUT2D eigenvalue weighted by Gasteiger charge is -2.17. The molecule has 0 spiro atoms. The number of nitrogens with zero attached hydrogens (tertiary/aromatic N) is 3. The highest BCUT2D eigenvalue weighted by molar-refractivity contribution is 5.79. The highest BCUT2D eigenvalue weighted by Crippen LogP contribution is 2.36. The zero-order valence-electron chi connectivity index (χ0n) is 13.3. The van der Waals surface area contributed by atoms with Gasteiger partial charge >= 0.3 is 5.69 Å². The van der Waals surface area contributed by atoms with Gasteiger partial charge in [0.25, 0.3) is 0 Å². The first-order chi connectivity index (χ1) is 11.8. The SMILES string of the molecule is O=c1[nH]c2ccc(NCc3cnc4n3CCOC4)cc2n1C1CC1. The van der Waals surface area contributed by atoms with Gasteiger partial charge in [-0.25, -0.2) is 9.78 Å². The van der Waals surface area contributed by atoms with Crippen molar-refractivity contribution in [2.45, 2.75) is 38.6 Å². The molecule has 7 nitrogen and oxygen atoms in total. The first-order valence-corrected chi connectivity index (χ1v) is 8.39. The van der Waals surface area contributed by atoms with Gasteiger partial charge in [0.2, 0.25) is 0 Å². The minimum absolute atomic E-state index is 0.00508. The summed E-state index contributed by atoms with van der Waals surface area (Å²) in [6.45, 7) is 2.88. The molecular weight excluding hydrogens is 306 g/mol. The molecule has 5 rings (SSSR count). The highest BCUT2D eigenvalue weighted by Gasteiger charge is 2.27. The monoisotopic (exact) mass is 325 g/mol. The van der Waals surface area contributed by atoms with Crippen LogP contribution < -0.4 is 11.0 Å². The Kier molecular flexibility index (Phi) is 3.02. The summed E-state index contributed by atoms with van der Waals surface area (Å²) in [7, 11) is 0. The molecule has 2 aliphatic rings. The van der Waals surface area contributed by atoms with E-state index in [0.29, 0.717) is 19.2 Å². The number of aromatic nitrogens is 4. The molecule has 1 aromatic carbocycles. The highest BCUT2D eigenvalue weighted by atomic mass is 16.5. The van der Waals surface area contributed by atoms with Crippen molar-refractivity contribution in [2.24, 2.45) is 0 Å². The topological polar surface area (TPSA) is 76.9 Å². The molecule has 1 saturated carbocycles. The van der Waals surface area contributed by atoms with Crippen molar-refractivity contribution in [3.05, 3.63) is 46.4 Å². The predicted octanol–water partition coefficient (Wildman–Crippen LogP) is 2.00. The van der Waals surface area contributed by atoms with Crippen LogP contribution in [0.25, 0.3) is 11.0 Å². The Labute approximate surface area is 138 Å². The van der Waals surface area contributed by atoms with Crippen LogP contribution in [0.1, 0.15) is 30.4 Å². The van der Waals surface area contributed by atoms with Gasteiger partial charge in [-0.1, -0.05) is 0 Å². The molecule has 2 aromatic heterocycles. The molecule has 0 atom stereocenters. The summed E-state index contributed by atoms with van der Waals surface area (Å²) in [5, 5.41) is 3.45. The third-order valence-electron chi connectivity index (χ3n) is 4.81. The zero-order valence-corrected chi connectivity index (χ0v) is 13.3. The summed E-state index contributed by atoms with van der Waals surface area (Å²) in [5.74, 6) is 0.988. The number of imidazole rings is 2. The van der Waals surface area contributed by atoms with E-state index in [2.05, 4.69) is 25.9 Å². The molecular formula is C17H19N5O2. The first kappa shape index (κ1) is 13.9. The van der Waals surface area contributed by atoms with Gasteiger partial charge in [-0.05, 0) is 31.0 Å². The van der Waals surface area contributed by atoms with E-state index in [0.717, 1.165) is 54.2 Å². The maximum atomic E-state index is 12.1. The number of hydrogen-bond donors (Lipinski definition) is 2. The molecule has 2 N–H and O–H groups in total. The maximum absolute atomic E-state index is 12.1. The normalized spacial score (nSPS) is 17.2. The lowest BCUT2D eigenvalue weighted by Crippen LogP contribution is -2.19. The minimum Gasteiger partial charge on any atom is -0.379 e. The van der Waals surface area contributed by atoms with E-state index in [-0.39, 0.29) is 5.69 Å². The number of ether oxygens (including phenoxy) is 1. The van der Waals surface area contributed by atoms with E-state index in [9.17, 15) is 4.79 Å². The maximum Gasteiger partial charge on any atom is 0.326 e. The van der Waals surface area contributed by atoms with Crippen LogP contribution in [-0.2, 0) is 24.4 Å². The molecule has 1 aliphatic heterocycles. The summed E-state index contributed by atoms with van der Waals surface area (Å²) >= 11 is 0. The largest absolute Gasteiger partial charge is 0.379 e. The van der Waals surface area contributed by atoms with Crippen molar-refractivity contribution in [3.63, 3.8) is 0 Å². The van der Waals surface area contributed by atoms with Gasteiger partial charge in [-0.2, -0.15) is 0 Å². The fourth-order valence-electron chi connectivity index (χ4n) is 3.42. The summed E-state index contributed by atoms with van der Waals surface area (Å²) in [4.78, 5) is 19.5. The Hall–Kier alpha value is -2.54. The number of nitrogens with one attached hydrogen (secondary N) is 2. The van der Waals surface area contributed by atoms with E-state index in [4.69, 9.17) is 4.74 Å². The zero-order chi connectivity index (χ0) is 16.1. The summed E-state index contributed by atoms with van der Waals surface area (Å²) in [6, 6.07) is 6.40. The lowest BCUT2D eigenvalue weighted by atomic mass is 10.2. The Morgan fingerprint density at radius 2 is 2.29 bits per heavy atom. The number of benzene rings is 1. The number of rotatable bonds is 4. The van der Waals surface area contributed by atoms with Gasteiger partial charge in [-0.15, -0.1) is 0 Å². The average molecular weight is 325 g/mol. The molecule has 124 valence electrons. The molecule has 0 radical (unpaired) electrons. The lowest BCUT2D eigenvalue weighted by molar-refractivity contribution is 0.0807. The Balaban J connectivity index is 1.42. The van der Waals surface area contributed by atoms with Crippen molar-refractivity contribution in [3.8, 4) is 0 Å². The Morgan fingerprint density at radius 3 is 3.17 bits per heavy atom. The minimum atomic E-state index is -0.00508. The number of fused-ring (bicyclic) bond motifs is 2. The molecule has 0 bridgehead atoms. The van der Waals surface area contributed by atoms with Crippen LogP contribution in [0.5, 0.6) is 0 Å². The molecule has 3 heterocycles. The van der Waals surface area contributed by atoms with Crippen LogP contribution in [0.4, 0.5) is 5.69 Å². The molecule has 24 heavy (non-hydrogen) atoms. The van der Waals surface area contributed by atoms with Crippen LogP contribution in [0.3, 0.4) is 0 Å². The molecule has 1 aliphatic carbocycles. The van der Waals surface area contributed by atoms with Gasteiger partial charge < -0.3 is 19.6 Å². The van der Waals surface area contributed by atoms with Crippen molar-refractivity contribution in [1.29, 1.82) is 0 Å². The average Bonchev–Trinajstić information content (AvgIpc) is 3.26. The van der Waals surface area contributed by atoms with Crippen molar-refractivity contribution < 1.29 is 4.74 Å². The molecule has 0 saturated heterocycles. The van der Waals surface area contributed by atoms with E-state index in [1.54, 1.807) is 0 Å². The summed E-state index contributed by atoms with van der Waals surface area (Å²) in [5.41, 5.74) is 4.04. The van der Waals surface area contributed by atoms with Crippen LogP contribution in [0.15, 0.2) is 29.2 Å². The molecule has 1 fully saturated rings. The molecule has 3 aromatic rings. The summed E-state index contributed by atoms with van der Waals surface area (Å²) < 4.78 is 9.53. The van der Waals surface area contributed by atoms with Crippen molar-refractivity contribution in [1.82, 2.24) is 19.1 Å². The van der Waals surface area contributed by atoms with Crippen LogP contribution in [-0.4, -0.2) is 25.7 Å². The number of aromatic amines is 1. The number of hydrogen-bond acceptors (Lipinski definition) is 4. The molecule has 0 amide bonds. The third-order valence-corrected chi connectivity index (χ3v) is 4.81. The Morgan fingerprint density at radius 1 is 1.38 bits per heavy atom. The quantitative estimate of drug-likeness (QED) is 0.769. The van der Waals surface area contributed by atoms with Crippen molar-refractivity contribution >= 4 is 16.7 Å². The van der Waals surface area contributed by atoms with Gasteiger partial charge in [-0.3, -0.25) is 4.57 Å². The fraction of sp³-hybridized carbons (Fsp3) is 0.412. The third kappa shape index (κ3) is 2.24. The smallest absolute Gasteiger partial charge is 0.326 e. The van der Waals surface area contributed by atoms with Crippen LogP contribution >= 0.6 is 0 Å². The van der Waals surface area contributed by atoms with E-state index in [1.165, 1.54) is 0 Å². The number of H-pyrrole nitrogens is 1. The Bertz CT molecular complexity index is 963. The van der Waals surface area contributed by atoms with Gasteiger partial charge in [0.1, 0.15) is 12.4 Å². The summed E-state index contributed by atoms with van der Waals surface area (Å²) in [6.07, 6.45) is 4.09. The number of anilines is 1. The van der Waals surface area contributed by atoms with Crippen LogP contribution in [0, 0.1) is 0 Å².